The van der Waals surface area contributed by atoms with Crippen molar-refractivity contribution in [1.29, 1.82) is 0 Å². The van der Waals surface area contributed by atoms with Gasteiger partial charge in [-0.1, -0.05) is 12.1 Å². The van der Waals surface area contributed by atoms with Crippen molar-refractivity contribution in [2.75, 3.05) is 20.3 Å². The van der Waals surface area contributed by atoms with Crippen molar-refractivity contribution < 1.29 is 9.47 Å². The molecular weight excluding hydrogens is 242 g/mol. The van der Waals surface area contributed by atoms with Gasteiger partial charge in [0.2, 0.25) is 0 Å². The summed E-state index contributed by atoms with van der Waals surface area (Å²) in [5.74, 6) is 1.50. The molecule has 0 saturated carbocycles. The number of para-hydroxylation sites is 2. The van der Waals surface area contributed by atoms with Crippen molar-refractivity contribution in [2.24, 2.45) is 5.73 Å². The normalized spacial score (nSPS) is 10.4. The fourth-order valence-electron chi connectivity index (χ4n) is 1.80. The fourth-order valence-corrected chi connectivity index (χ4v) is 1.80. The summed E-state index contributed by atoms with van der Waals surface area (Å²) in [5.41, 5.74) is 6.50. The number of hydrogen-bond acceptors (Lipinski definition) is 4. The van der Waals surface area contributed by atoms with Crippen molar-refractivity contribution in [2.45, 2.75) is 13.0 Å². The number of ether oxygens (including phenoxy) is 2. The van der Waals surface area contributed by atoms with Gasteiger partial charge >= 0.3 is 0 Å². The first-order valence-corrected chi connectivity index (χ1v) is 6.30. The molecule has 0 saturated heterocycles. The van der Waals surface area contributed by atoms with Gasteiger partial charge in [-0.25, -0.2) is 4.98 Å². The van der Waals surface area contributed by atoms with Gasteiger partial charge in [0.05, 0.1) is 25.7 Å². The minimum Gasteiger partial charge on any atom is -0.493 e. The highest BCUT2D eigenvalue weighted by Crippen LogP contribution is 2.25. The average Bonchev–Trinajstić information content (AvgIpc) is 2.87. The van der Waals surface area contributed by atoms with Gasteiger partial charge in [-0.3, -0.25) is 0 Å². The van der Waals surface area contributed by atoms with Crippen LogP contribution in [0.25, 0.3) is 0 Å². The number of benzene rings is 1. The molecule has 19 heavy (non-hydrogen) atoms. The third kappa shape index (κ3) is 3.72. The van der Waals surface area contributed by atoms with E-state index in [0.29, 0.717) is 13.2 Å². The Kier molecular flexibility index (Phi) is 4.80. The number of imidazole rings is 1. The molecule has 2 rings (SSSR count). The predicted octanol–water partition coefficient (Wildman–Crippen LogP) is 1.47. The van der Waals surface area contributed by atoms with Crippen LogP contribution in [0.15, 0.2) is 36.8 Å². The number of aromatic nitrogens is 2. The Bertz CT molecular complexity index is 511. The van der Waals surface area contributed by atoms with E-state index in [1.54, 1.807) is 13.4 Å². The minimum absolute atomic E-state index is 0.568. The van der Waals surface area contributed by atoms with Crippen molar-refractivity contribution in [3.63, 3.8) is 0 Å². The van der Waals surface area contributed by atoms with Crippen LogP contribution in [-0.4, -0.2) is 29.8 Å². The van der Waals surface area contributed by atoms with Crippen molar-refractivity contribution in [3.05, 3.63) is 42.5 Å². The molecular formula is C14H19N3O2. The molecule has 1 heterocycles. The molecule has 5 nitrogen and oxygen atoms in total. The Hall–Kier alpha value is -2.01. The molecule has 0 aliphatic heterocycles. The summed E-state index contributed by atoms with van der Waals surface area (Å²) in [4.78, 5) is 4.27. The molecule has 0 aliphatic rings. The first-order valence-electron chi connectivity index (χ1n) is 6.30. The van der Waals surface area contributed by atoms with Gasteiger partial charge in [0.15, 0.2) is 11.5 Å². The lowest BCUT2D eigenvalue weighted by Crippen LogP contribution is -2.07. The van der Waals surface area contributed by atoms with Crippen LogP contribution in [0.2, 0.25) is 0 Å². The Morgan fingerprint density at radius 2 is 2.05 bits per heavy atom. The van der Waals surface area contributed by atoms with Crippen LogP contribution in [0, 0.1) is 0 Å². The largest absolute Gasteiger partial charge is 0.493 e. The standard InChI is InChI=1S/C14H19N3O2/c1-18-13-4-2-3-5-14(13)19-9-8-17-10-12(6-7-15)16-11-17/h2-5,10-11H,6-9,15H2,1H3. The van der Waals surface area contributed by atoms with Gasteiger partial charge in [0, 0.05) is 12.6 Å². The van der Waals surface area contributed by atoms with Gasteiger partial charge in [-0.2, -0.15) is 0 Å². The van der Waals surface area contributed by atoms with Crippen LogP contribution < -0.4 is 15.2 Å². The summed E-state index contributed by atoms with van der Waals surface area (Å²) in [7, 11) is 1.64. The van der Waals surface area contributed by atoms with Crippen LogP contribution in [-0.2, 0) is 13.0 Å². The van der Waals surface area contributed by atoms with Crippen LogP contribution in [0.1, 0.15) is 5.69 Å². The second-order valence-corrected chi connectivity index (χ2v) is 4.14. The monoisotopic (exact) mass is 261 g/mol. The summed E-state index contributed by atoms with van der Waals surface area (Å²) in [5, 5.41) is 0. The number of nitrogens with zero attached hydrogens (tertiary/aromatic N) is 2. The smallest absolute Gasteiger partial charge is 0.161 e. The Morgan fingerprint density at radius 1 is 1.26 bits per heavy atom. The lowest BCUT2D eigenvalue weighted by molar-refractivity contribution is 0.279. The summed E-state index contributed by atoms with van der Waals surface area (Å²) < 4.78 is 12.9. The predicted molar refractivity (Wildman–Crippen MR) is 73.5 cm³/mol. The van der Waals surface area contributed by atoms with Crippen LogP contribution in [0.3, 0.4) is 0 Å². The maximum atomic E-state index is 5.70. The first kappa shape index (κ1) is 13.4. The number of methoxy groups -OCH3 is 1. The second-order valence-electron chi connectivity index (χ2n) is 4.14. The van der Waals surface area contributed by atoms with E-state index in [1.807, 2.05) is 35.0 Å². The Labute approximate surface area is 113 Å². The van der Waals surface area contributed by atoms with E-state index in [9.17, 15) is 0 Å². The van der Waals surface area contributed by atoms with Gasteiger partial charge in [0.25, 0.3) is 0 Å². The zero-order valence-corrected chi connectivity index (χ0v) is 11.1. The molecule has 0 spiro atoms. The third-order valence-electron chi connectivity index (χ3n) is 2.76. The van der Waals surface area contributed by atoms with E-state index in [-0.39, 0.29) is 0 Å². The third-order valence-corrected chi connectivity index (χ3v) is 2.76. The van der Waals surface area contributed by atoms with Gasteiger partial charge in [0.1, 0.15) is 6.61 Å². The van der Waals surface area contributed by atoms with Gasteiger partial charge < -0.3 is 19.8 Å². The summed E-state index contributed by atoms with van der Waals surface area (Å²) >= 11 is 0. The molecule has 1 aromatic heterocycles. The summed E-state index contributed by atoms with van der Waals surface area (Å²) in [6.45, 7) is 1.93. The van der Waals surface area contributed by atoms with E-state index in [2.05, 4.69) is 4.98 Å². The summed E-state index contributed by atoms with van der Waals surface area (Å²) in [6, 6.07) is 7.62. The Balaban J connectivity index is 1.85. The highest BCUT2D eigenvalue weighted by molar-refractivity contribution is 5.39. The topological polar surface area (TPSA) is 62.3 Å². The lowest BCUT2D eigenvalue weighted by atomic mass is 10.3. The van der Waals surface area contributed by atoms with E-state index in [1.165, 1.54) is 0 Å². The fraction of sp³-hybridized carbons (Fsp3) is 0.357. The molecule has 0 radical (unpaired) electrons. The summed E-state index contributed by atoms with van der Waals surface area (Å²) in [6.07, 6.45) is 4.61. The Morgan fingerprint density at radius 3 is 2.79 bits per heavy atom. The molecule has 0 bridgehead atoms. The number of rotatable bonds is 7. The second kappa shape index (κ2) is 6.80. The van der Waals surface area contributed by atoms with E-state index in [0.717, 1.165) is 30.2 Å². The molecule has 2 aromatic rings. The maximum absolute atomic E-state index is 5.70. The van der Waals surface area contributed by atoms with Gasteiger partial charge in [-0.15, -0.1) is 0 Å². The molecule has 1 aromatic carbocycles. The van der Waals surface area contributed by atoms with E-state index in [4.69, 9.17) is 15.2 Å². The SMILES string of the molecule is COc1ccccc1OCCn1cnc(CCN)c1. The number of nitrogens with two attached hydrogens (primary N) is 1. The average molecular weight is 261 g/mol. The molecule has 0 aliphatic carbocycles. The van der Waals surface area contributed by atoms with Crippen molar-refractivity contribution in [1.82, 2.24) is 9.55 Å². The van der Waals surface area contributed by atoms with E-state index < -0.39 is 0 Å². The quantitative estimate of drug-likeness (QED) is 0.820. The zero-order chi connectivity index (χ0) is 13.5. The molecule has 0 fully saturated rings. The zero-order valence-electron chi connectivity index (χ0n) is 11.1. The van der Waals surface area contributed by atoms with Crippen LogP contribution in [0.4, 0.5) is 0 Å². The molecule has 0 amide bonds. The maximum Gasteiger partial charge on any atom is 0.161 e. The molecule has 5 heteroatoms. The van der Waals surface area contributed by atoms with Crippen molar-refractivity contribution in [3.8, 4) is 11.5 Å². The highest BCUT2D eigenvalue weighted by atomic mass is 16.5. The minimum atomic E-state index is 0.568. The lowest BCUT2D eigenvalue weighted by Gasteiger charge is -2.10. The molecule has 0 atom stereocenters. The molecule has 2 N–H and O–H groups in total. The van der Waals surface area contributed by atoms with Crippen molar-refractivity contribution >= 4 is 0 Å². The van der Waals surface area contributed by atoms with Crippen LogP contribution in [0.5, 0.6) is 11.5 Å². The molecule has 102 valence electrons. The highest BCUT2D eigenvalue weighted by Gasteiger charge is 2.02. The van der Waals surface area contributed by atoms with Crippen LogP contribution >= 0.6 is 0 Å². The molecule has 0 unspecified atom stereocenters. The number of hydrogen-bond donors (Lipinski definition) is 1. The first-order chi connectivity index (χ1) is 9.33. The van der Waals surface area contributed by atoms with E-state index >= 15 is 0 Å². The van der Waals surface area contributed by atoms with Gasteiger partial charge in [-0.05, 0) is 18.7 Å².